The highest BCUT2D eigenvalue weighted by Crippen LogP contribution is 2.37. The van der Waals surface area contributed by atoms with E-state index < -0.39 is 30.5 Å². The Labute approximate surface area is 184 Å². The number of benzene rings is 2. The average molecular weight is 445 g/mol. The predicted molar refractivity (Wildman–Crippen MR) is 116 cm³/mol. The number of aliphatic hydroxyl groups is 4. The van der Waals surface area contributed by atoms with Crippen LogP contribution in [0.4, 0.5) is 4.39 Å². The molecule has 0 spiro atoms. The first-order valence-electron chi connectivity index (χ1n) is 10.1. The van der Waals surface area contributed by atoms with Crippen LogP contribution in [0.1, 0.15) is 21.6 Å². The maximum Gasteiger partial charge on any atom is 0.141 e. The van der Waals surface area contributed by atoms with E-state index in [0.717, 1.165) is 26.4 Å². The van der Waals surface area contributed by atoms with Gasteiger partial charge in [0.15, 0.2) is 0 Å². The van der Waals surface area contributed by atoms with Gasteiger partial charge in [0.05, 0.1) is 13.2 Å². The Morgan fingerprint density at radius 2 is 1.84 bits per heavy atom. The monoisotopic (exact) mass is 444 g/mol. The zero-order valence-corrected chi connectivity index (χ0v) is 17.8. The molecule has 1 aliphatic rings. The first kappa shape index (κ1) is 22.1. The van der Waals surface area contributed by atoms with E-state index in [0.29, 0.717) is 12.0 Å². The Balaban J connectivity index is 1.65. The van der Waals surface area contributed by atoms with Crippen molar-refractivity contribution in [3.63, 3.8) is 0 Å². The van der Waals surface area contributed by atoms with Gasteiger partial charge in [-0.3, -0.25) is 0 Å². The van der Waals surface area contributed by atoms with Crippen molar-refractivity contribution in [2.24, 2.45) is 0 Å². The van der Waals surface area contributed by atoms with Gasteiger partial charge in [-0.2, -0.15) is 0 Å². The number of thiophene rings is 1. The maximum absolute atomic E-state index is 13.2. The van der Waals surface area contributed by atoms with Gasteiger partial charge >= 0.3 is 0 Å². The number of aliphatic hydroxyl groups excluding tert-OH is 3. The van der Waals surface area contributed by atoms with E-state index in [1.807, 2.05) is 31.2 Å². The molecule has 0 aliphatic carbocycles. The van der Waals surface area contributed by atoms with Gasteiger partial charge in [0.25, 0.3) is 0 Å². The second-order valence-corrected chi connectivity index (χ2v) is 9.17. The number of hydrogen-bond donors (Lipinski definition) is 4. The van der Waals surface area contributed by atoms with Crippen molar-refractivity contribution in [2.75, 3.05) is 13.2 Å². The van der Waals surface area contributed by atoms with Gasteiger partial charge in [-0.1, -0.05) is 35.9 Å². The van der Waals surface area contributed by atoms with Crippen molar-refractivity contribution >= 4 is 11.3 Å². The molecule has 0 saturated carbocycles. The summed E-state index contributed by atoms with van der Waals surface area (Å²) in [6.07, 6.45) is -3.35. The van der Waals surface area contributed by atoms with E-state index in [1.165, 1.54) is 12.1 Å². The molecule has 4 unspecified atom stereocenters. The van der Waals surface area contributed by atoms with Crippen molar-refractivity contribution in [3.05, 3.63) is 82.0 Å². The Morgan fingerprint density at radius 1 is 1.10 bits per heavy atom. The minimum atomic E-state index is -1.80. The fourth-order valence-electron chi connectivity index (χ4n) is 4.02. The second kappa shape index (κ2) is 8.78. The molecule has 0 radical (unpaired) electrons. The van der Waals surface area contributed by atoms with Crippen LogP contribution >= 0.6 is 11.3 Å². The van der Waals surface area contributed by atoms with Crippen LogP contribution in [0.5, 0.6) is 0 Å². The zero-order valence-electron chi connectivity index (χ0n) is 17.0. The summed E-state index contributed by atoms with van der Waals surface area (Å²) >= 11 is 1.57. The van der Waals surface area contributed by atoms with E-state index >= 15 is 0 Å². The van der Waals surface area contributed by atoms with Gasteiger partial charge in [0, 0.05) is 16.2 Å². The molecule has 4 rings (SSSR count). The first-order chi connectivity index (χ1) is 14.8. The largest absolute Gasteiger partial charge is 0.394 e. The Morgan fingerprint density at radius 3 is 2.55 bits per heavy atom. The Bertz CT molecular complexity index is 1050. The first-order valence-corrected chi connectivity index (χ1v) is 10.9. The lowest BCUT2D eigenvalue weighted by molar-refractivity contribution is -0.245. The molecule has 1 aliphatic heterocycles. The van der Waals surface area contributed by atoms with Crippen molar-refractivity contribution < 1.29 is 29.6 Å². The molecule has 3 aromatic rings. The highest BCUT2D eigenvalue weighted by Gasteiger charge is 2.50. The molecule has 1 saturated heterocycles. The van der Waals surface area contributed by atoms with Crippen molar-refractivity contribution in [1.82, 2.24) is 0 Å². The summed E-state index contributed by atoms with van der Waals surface area (Å²) in [4.78, 5) is 2.04. The summed E-state index contributed by atoms with van der Waals surface area (Å²) in [5.41, 5.74) is 1.42. The smallest absolute Gasteiger partial charge is 0.141 e. The van der Waals surface area contributed by atoms with Crippen molar-refractivity contribution in [3.8, 4) is 10.4 Å². The second-order valence-electron chi connectivity index (χ2n) is 8.00. The molecule has 2 heterocycles. The third-order valence-corrected chi connectivity index (χ3v) is 6.91. The molecule has 4 N–H and O–H groups in total. The SMILES string of the molecule is Cc1ccc(C2(O)COC(CO)C(O)C2O)c(Cc2ccc(-c3ccc(F)cc3)s2)c1. The fourth-order valence-corrected chi connectivity index (χ4v) is 5.06. The number of hydrogen-bond acceptors (Lipinski definition) is 6. The highest BCUT2D eigenvalue weighted by atomic mass is 32.1. The van der Waals surface area contributed by atoms with Crippen LogP contribution in [0.25, 0.3) is 10.4 Å². The normalized spacial score (nSPS) is 26.2. The summed E-state index contributed by atoms with van der Waals surface area (Å²) in [5.74, 6) is -0.281. The molecule has 5 nitrogen and oxygen atoms in total. The molecule has 4 atom stereocenters. The van der Waals surface area contributed by atoms with Crippen LogP contribution in [0, 0.1) is 12.7 Å². The third kappa shape index (κ3) is 4.30. The van der Waals surface area contributed by atoms with Crippen LogP contribution in [-0.2, 0) is 16.8 Å². The molecule has 0 bridgehead atoms. The molecule has 1 fully saturated rings. The van der Waals surface area contributed by atoms with Crippen LogP contribution in [0.15, 0.2) is 54.6 Å². The lowest BCUT2D eigenvalue weighted by Gasteiger charge is -2.44. The van der Waals surface area contributed by atoms with Gasteiger partial charge in [0.2, 0.25) is 0 Å². The quantitative estimate of drug-likeness (QED) is 0.486. The number of halogens is 1. The van der Waals surface area contributed by atoms with Crippen LogP contribution < -0.4 is 0 Å². The maximum atomic E-state index is 13.2. The minimum Gasteiger partial charge on any atom is -0.394 e. The van der Waals surface area contributed by atoms with Crippen LogP contribution in [0.3, 0.4) is 0 Å². The summed E-state index contributed by atoms with van der Waals surface area (Å²) in [6, 6.07) is 15.8. The van der Waals surface area contributed by atoms with Crippen molar-refractivity contribution in [1.29, 1.82) is 0 Å². The van der Waals surface area contributed by atoms with Gasteiger partial charge < -0.3 is 25.2 Å². The molecule has 7 heteroatoms. The van der Waals surface area contributed by atoms with Crippen LogP contribution in [0.2, 0.25) is 0 Å². The highest BCUT2D eigenvalue weighted by molar-refractivity contribution is 7.15. The van der Waals surface area contributed by atoms with E-state index in [4.69, 9.17) is 4.74 Å². The Hall–Kier alpha value is -2.13. The fraction of sp³-hybridized carbons (Fsp3) is 0.333. The standard InChI is InChI=1S/C24H25FO5S/c1-14-2-8-19(24(29)13-30-20(12-26)22(27)23(24)28)16(10-14)11-18-7-9-21(31-18)15-3-5-17(25)6-4-15/h2-10,20,22-23,26-29H,11-13H2,1H3. The van der Waals surface area contributed by atoms with Gasteiger partial charge in [-0.25, -0.2) is 4.39 Å². The average Bonchev–Trinajstić information content (AvgIpc) is 3.21. The summed E-state index contributed by atoms with van der Waals surface area (Å²) in [5, 5.41) is 41.6. The molecule has 0 amide bonds. The van der Waals surface area contributed by atoms with Crippen LogP contribution in [-0.4, -0.2) is 52.0 Å². The van der Waals surface area contributed by atoms with E-state index in [9.17, 15) is 24.8 Å². The molecular formula is C24H25FO5S. The molecule has 31 heavy (non-hydrogen) atoms. The number of ether oxygens (including phenoxy) is 1. The molecule has 164 valence electrons. The zero-order chi connectivity index (χ0) is 22.2. The van der Waals surface area contributed by atoms with Gasteiger partial charge in [-0.15, -0.1) is 11.3 Å². The summed E-state index contributed by atoms with van der Waals surface area (Å²) in [6.45, 7) is 1.26. The molecule has 2 aromatic carbocycles. The van der Waals surface area contributed by atoms with Crippen molar-refractivity contribution in [2.45, 2.75) is 37.3 Å². The predicted octanol–water partition coefficient (Wildman–Crippen LogP) is 2.75. The minimum absolute atomic E-state index is 0.238. The lowest BCUT2D eigenvalue weighted by Crippen LogP contribution is -2.60. The van der Waals surface area contributed by atoms with Gasteiger partial charge in [0.1, 0.15) is 29.7 Å². The van der Waals surface area contributed by atoms with Gasteiger partial charge in [-0.05, 0) is 47.9 Å². The number of aryl methyl sites for hydroxylation is 1. The lowest BCUT2D eigenvalue weighted by atomic mass is 9.79. The Kier molecular flexibility index (Phi) is 6.25. The third-order valence-electron chi connectivity index (χ3n) is 5.77. The van der Waals surface area contributed by atoms with E-state index in [2.05, 4.69) is 0 Å². The molecule has 1 aromatic heterocycles. The summed E-state index contributed by atoms with van der Waals surface area (Å²) in [7, 11) is 0. The van der Waals surface area contributed by atoms with E-state index in [1.54, 1.807) is 29.5 Å². The number of rotatable bonds is 5. The molecular weight excluding hydrogens is 419 g/mol. The topological polar surface area (TPSA) is 90.2 Å². The summed E-state index contributed by atoms with van der Waals surface area (Å²) < 4.78 is 18.7. The van der Waals surface area contributed by atoms with E-state index in [-0.39, 0.29) is 12.4 Å².